The summed E-state index contributed by atoms with van der Waals surface area (Å²) >= 11 is 6.63. The van der Waals surface area contributed by atoms with E-state index < -0.39 is 0 Å². The molecule has 1 saturated heterocycles. The maximum atomic E-state index is 6.63. The zero-order chi connectivity index (χ0) is 22.5. The van der Waals surface area contributed by atoms with Gasteiger partial charge in [-0.2, -0.15) is 5.10 Å². The van der Waals surface area contributed by atoms with Gasteiger partial charge in [-0.1, -0.05) is 31.5 Å². The Morgan fingerprint density at radius 1 is 1.22 bits per heavy atom. The van der Waals surface area contributed by atoms with Gasteiger partial charge in [0.05, 0.1) is 5.69 Å². The molecule has 7 nitrogen and oxygen atoms in total. The van der Waals surface area contributed by atoms with Crippen molar-refractivity contribution < 1.29 is 0 Å². The van der Waals surface area contributed by atoms with Crippen LogP contribution in [0.25, 0.3) is 0 Å². The average molecular weight is 574 g/mol. The molecule has 0 unspecified atom stereocenters. The molecule has 2 heterocycles. The summed E-state index contributed by atoms with van der Waals surface area (Å²) in [6, 6.07) is 6.18. The van der Waals surface area contributed by atoms with Crippen molar-refractivity contribution >= 4 is 47.2 Å². The molecular weight excluding hydrogens is 537 g/mol. The number of hydrogen-bond acceptors (Lipinski definition) is 4. The van der Waals surface area contributed by atoms with E-state index in [1.807, 2.05) is 30.9 Å². The second-order valence-electron chi connectivity index (χ2n) is 8.65. The second kappa shape index (κ2) is 12.1. The fourth-order valence-corrected chi connectivity index (χ4v) is 4.35. The van der Waals surface area contributed by atoms with E-state index in [1.165, 1.54) is 11.3 Å². The summed E-state index contributed by atoms with van der Waals surface area (Å²) in [5.41, 5.74) is 4.68. The van der Waals surface area contributed by atoms with Gasteiger partial charge in [-0.15, -0.1) is 24.0 Å². The van der Waals surface area contributed by atoms with Crippen molar-refractivity contribution in [3.63, 3.8) is 0 Å². The number of halogens is 2. The van der Waals surface area contributed by atoms with E-state index >= 15 is 0 Å². The van der Waals surface area contributed by atoms with Crippen molar-refractivity contribution in [1.82, 2.24) is 24.9 Å². The molecule has 0 spiro atoms. The minimum atomic E-state index is 0. The highest BCUT2D eigenvalue weighted by Gasteiger charge is 2.20. The van der Waals surface area contributed by atoms with Crippen LogP contribution in [-0.4, -0.2) is 72.9 Å². The lowest BCUT2D eigenvalue weighted by molar-refractivity contribution is 0.312. The molecule has 0 saturated carbocycles. The Bertz CT molecular complexity index is 904. The summed E-state index contributed by atoms with van der Waals surface area (Å²) in [5, 5.41) is 8.93. The second-order valence-corrected chi connectivity index (χ2v) is 9.06. The molecule has 0 aliphatic carbocycles. The predicted octanol–water partition coefficient (Wildman–Crippen LogP) is 3.77. The van der Waals surface area contributed by atoms with E-state index in [4.69, 9.17) is 11.6 Å². The minimum Gasteiger partial charge on any atom is -0.369 e. The molecule has 0 radical (unpaired) electrons. The molecule has 1 N–H and O–H groups in total. The van der Waals surface area contributed by atoms with Crippen LogP contribution in [0.2, 0.25) is 5.02 Å². The molecule has 1 aromatic carbocycles. The number of anilines is 1. The third-order valence-corrected chi connectivity index (χ3v) is 6.18. The Kier molecular flexibility index (Phi) is 10.1. The van der Waals surface area contributed by atoms with Crippen molar-refractivity contribution in [3.05, 3.63) is 46.2 Å². The normalized spacial score (nSPS) is 15.1. The lowest BCUT2D eigenvalue weighted by Crippen LogP contribution is -2.45. The first-order valence-electron chi connectivity index (χ1n) is 10.9. The number of aromatic nitrogens is 2. The fourth-order valence-electron chi connectivity index (χ4n) is 4.11. The topological polar surface area (TPSA) is 51.9 Å². The molecule has 1 fully saturated rings. The summed E-state index contributed by atoms with van der Waals surface area (Å²) in [6.07, 6.45) is 2.10. The summed E-state index contributed by atoms with van der Waals surface area (Å²) in [7, 11) is 8.02. The predicted molar refractivity (Wildman–Crippen MR) is 146 cm³/mol. The van der Waals surface area contributed by atoms with Crippen LogP contribution in [0.4, 0.5) is 5.69 Å². The van der Waals surface area contributed by atoms with Crippen LogP contribution in [-0.2, 0) is 20.1 Å². The number of benzene rings is 1. The summed E-state index contributed by atoms with van der Waals surface area (Å²) in [6.45, 7) is 9.87. The Balaban J connectivity index is 0.00000363. The molecule has 2 aromatic rings. The van der Waals surface area contributed by atoms with E-state index in [0.29, 0.717) is 12.5 Å². The highest BCUT2D eigenvalue weighted by Crippen LogP contribution is 2.28. The number of aryl methyl sites for hydroxylation is 1. The fraction of sp³-hybridized carbons (Fsp3) is 0.565. The number of nitrogens with one attached hydrogen (secondary N) is 1. The van der Waals surface area contributed by atoms with Gasteiger partial charge in [0.25, 0.3) is 0 Å². The highest BCUT2D eigenvalue weighted by atomic mass is 127. The molecule has 32 heavy (non-hydrogen) atoms. The SMILES string of the molecule is CN=C(NCc1c(Cl)cccc1N1CCN(C)CC1)N(C)Cc1cn(C)nc1C(C)C.I. The van der Waals surface area contributed by atoms with E-state index in [9.17, 15) is 0 Å². The van der Waals surface area contributed by atoms with Gasteiger partial charge in [-0.3, -0.25) is 9.67 Å². The smallest absolute Gasteiger partial charge is 0.193 e. The van der Waals surface area contributed by atoms with E-state index in [-0.39, 0.29) is 24.0 Å². The molecule has 1 aliphatic heterocycles. The monoisotopic (exact) mass is 573 g/mol. The van der Waals surface area contributed by atoms with E-state index in [1.54, 1.807) is 0 Å². The van der Waals surface area contributed by atoms with Crippen LogP contribution >= 0.6 is 35.6 Å². The zero-order valence-corrected chi connectivity index (χ0v) is 23.2. The van der Waals surface area contributed by atoms with Crippen LogP contribution in [0.1, 0.15) is 36.6 Å². The number of guanidine groups is 1. The van der Waals surface area contributed by atoms with E-state index in [0.717, 1.165) is 55.0 Å². The van der Waals surface area contributed by atoms with Gasteiger partial charge in [0.2, 0.25) is 0 Å². The standard InChI is InChI=1S/C23H36ClN7.HI/c1-17(2)22-18(16-30(6)27-22)15-29(5)23(25-3)26-14-19-20(24)8-7-9-21(19)31-12-10-28(4)11-13-31;/h7-9,16-17H,10-15H2,1-6H3,(H,25,26);1H. The number of aliphatic imine (C=N–C) groups is 1. The highest BCUT2D eigenvalue weighted by molar-refractivity contribution is 14.0. The quantitative estimate of drug-likeness (QED) is 0.324. The Morgan fingerprint density at radius 3 is 2.53 bits per heavy atom. The van der Waals surface area contributed by atoms with E-state index in [2.05, 4.69) is 70.3 Å². The van der Waals surface area contributed by atoms with Crippen molar-refractivity contribution in [2.75, 3.05) is 52.2 Å². The Hall–Kier alpha value is -1.52. The first kappa shape index (κ1) is 26.7. The lowest BCUT2D eigenvalue weighted by Gasteiger charge is -2.35. The van der Waals surface area contributed by atoms with Gasteiger partial charge in [0, 0.05) is 88.4 Å². The summed E-state index contributed by atoms with van der Waals surface area (Å²) in [5.74, 6) is 1.22. The number of rotatable bonds is 6. The molecule has 1 aromatic heterocycles. The van der Waals surface area contributed by atoms with Crippen molar-refractivity contribution in [2.24, 2.45) is 12.0 Å². The zero-order valence-electron chi connectivity index (χ0n) is 20.1. The number of hydrogen-bond donors (Lipinski definition) is 1. The van der Waals surface area contributed by atoms with Gasteiger partial charge >= 0.3 is 0 Å². The van der Waals surface area contributed by atoms with Gasteiger partial charge in [-0.25, -0.2) is 0 Å². The van der Waals surface area contributed by atoms with Crippen LogP contribution in [0.15, 0.2) is 29.4 Å². The van der Waals surface area contributed by atoms with Crippen molar-refractivity contribution in [2.45, 2.75) is 32.9 Å². The molecule has 0 bridgehead atoms. The largest absolute Gasteiger partial charge is 0.369 e. The first-order valence-corrected chi connectivity index (χ1v) is 11.3. The molecule has 1 aliphatic rings. The Morgan fingerprint density at radius 2 is 1.91 bits per heavy atom. The van der Waals surface area contributed by atoms with Gasteiger partial charge < -0.3 is 20.0 Å². The van der Waals surface area contributed by atoms with Crippen LogP contribution in [0, 0.1) is 0 Å². The maximum absolute atomic E-state index is 6.63. The van der Waals surface area contributed by atoms with Crippen LogP contribution in [0.5, 0.6) is 0 Å². The molecule has 0 amide bonds. The average Bonchev–Trinajstić information content (AvgIpc) is 3.10. The van der Waals surface area contributed by atoms with Crippen molar-refractivity contribution in [1.29, 1.82) is 0 Å². The first-order chi connectivity index (χ1) is 14.8. The van der Waals surface area contributed by atoms with Crippen LogP contribution in [0.3, 0.4) is 0 Å². The molecule has 3 rings (SSSR count). The minimum absolute atomic E-state index is 0. The maximum Gasteiger partial charge on any atom is 0.193 e. The Labute approximate surface area is 214 Å². The number of likely N-dealkylation sites (N-methyl/N-ethyl adjacent to an activating group) is 1. The molecule has 0 atom stereocenters. The van der Waals surface area contributed by atoms with Gasteiger partial charge in [0.15, 0.2) is 5.96 Å². The third kappa shape index (κ3) is 6.51. The van der Waals surface area contributed by atoms with Crippen LogP contribution < -0.4 is 10.2 Å². The van der Waals surface area contributed by atoms with Gasteiger partial charge in [0.1, 0.15) is 0 Å². The van der Waals surface area contributed by atoms with Crippen molar-refractivity contribution in [3.8, 4) is 0 Å². The molecule has 9 heteroatoms. The summed E-state index contributed by atoms with van der Waals surface area (Å²) in [4.78, 5) is 11.4. The number of nitrogens with zero attached hydrogens (tertiary/aromatic N) is 6. The summed E-state index contributed by atoms with van der Waals surface area (Å²) < 4.78 is 1.89. The lowest BCUT2D eigenvalue weighted by atomic mass is 10.1. The third-order valence-electron chi connectivity index (χ3n) is 5.83. The molecule has 178 valence electrons. The number of piperazine rings is 1. The molecular formula is C23H37ClIN7. The van der Waals surface area contributed by atoms with Gasteiger partial charge in [-0.05, 0) is 25.1 Å².